The highest BCUT2D eigenvalue weighted by Gasteiger charge is 2.41. The van der Waals surface area contributed by atoms with Gasteiger partial charge in [-0.25, -0.2) is 0 Å². The van der Waals surface area contributed by atoms with Crippen molar-refractivity contribution in [3.63, 3.8) is 0 Å². The predicted octanol–water partition coefficient (Wildman–Crippen LogP) is 1.48. The Kier molecular flexibility index (Phi) is 5.24. The minimum Gasteiger partial charge on any atom is -0.480 e. The molecular weight excluding hydrogens is 225 g/mol. The van der Waals surface area contributed by atoms with Crippen LogP contribution in [0.1, 0.15) is 13.8 Å². The lowest BCUT2D eigenvalue weighted by atomic mass is 10.1. The van der Waals surface area contributed by atoms with Crippen LogP contribution in [0.25, 0.3) is 0 Å². The molecule has 0 aliphatic rings. The van der Waals surface area contributed by atoms with Crippen molar-refractivity contribution in [3.05, 3.63) is 0 Å². The van der Waals surface area contributed by atoms with Gasteiger partial charge in [-0.05, 0) is 13.8 Å². The number of hydrogen-bond donors (Lipinski definition) is 1. The minimum absolute atomic E-state index is 0.366. The van der Waals surface area contributed by atoms with Gasteiger partial charge in [0.2, 0.25) is 0 Å². The molecular formula is C9H13F3N2O2. The number of alkyl halides is 3. The maximum absolute atomic E-state index is 12.3. The molecule has 92 valence electrons. The summed E-state index contributed by atoms with van der Waals surface area (Å²) in [7, 11) is 0. The summed E-state index contributed by atoms with van der Waals surface area (Å²) >= 11 is 0. The quantitative estimate of drug-likeness (QED) is 0.788. The van der Waals surface area contributed by atoms with E-state index in [4.69, 9.17) is 10.4 Å². The van der Waals surface area contributed by atoms with Crippen molar-refractivity contribution < 1.29 is 23.1 Å². The molecule has 0 aliphatic carbocycles. The smallest absolute Gasteiger partial charge is 0.405 e. The zero-order valence-electron chi connectivity index (χ0n) is 8.95. The zero-order valence-corrected chi connectivity index (χ0v) is 8.95. The number of carbonyl (C=O) groups is 1. The molecule has 0 bridgehead atoms. The normalized spacial score (nSPS) is 13.9. The van der Waals surface area contributed by atoms with Crippen molar-refractivity contribution in [3.8, 4) is 6.07 Å². The molecule has 0 saturated carbocycles. The second kappa shape index (κ2) is 5.70. The highest BCUT2D eigenvalue weighted by molar-refractivity contribution is 5.69. The number of nitriles is 1. The van der Waals surface area contributed by atoms with Crippen LogP contribution in [-0.2, 0) is 4.79 Å². The van der Waals surface area contributed by atoms with Gasteiger partial charge in [0.15, 0.2) is 5.92 Å². The molecule has 0 radical (unpaired) electrons. The molecule has 1 unspecified atom stereocenters. The molecule has 0 saturated heterocycles. The van der Waals surface area contributed by atoms with Gasteiger partial charge >= 0.3 is 12.1 Å². The Balaban J connectivity index is 4.62. The first-order valence-corrected chi connectivity index (χ1v) is 4.60. The maximum Gasteiger partial charge on any atom is 0.405 e. The van der Waals surface area contributed by atoms with Crippen LogP contribution < -0.4 is 0 Å². The van der Waals surface area contributed by atoms with E-state index in [1.807, 2.05) is 0 Å². The van der Waals surface area contributed by atoms with Crippen molar-refractivity contribution in [1.82, 2.24) is 4.90 Å². The van der Waals surface area contributed by atoms with Crippen LogP contribution in [0.15, 0.2) is 0 Å². The standard InChI is InChI=1S/C9H13F3N2O2/c1-6(2)14(5-8(15)16)4-7(3-13)9(10,11)12/h6-7H,4-5H2,1-2H3,(H,15,16). The monoisotopic (exact) mass is 238 g/mol. The third kappa shape index (κ3) is 4.98. The van der Waals surface area contributed by atoms with Gasteiger partial charge in [-0.3, -0.25) is 9.69 Å². The molecule has 0 spiro atoms. The third-order valence-electron chi connectivity index (χ3n) is 2.04. The number of carboxylic acid groups (broad SMARTS) is 1. The fourth-order valence-electron chi connectivity index (χ4n) is 1.08. The molecule has 0 aromatic carbocycles. The maximum atomic E-state index is 12.3. The summed E-state index contributed by atoms with van der Waals surface area (Å²) in [5.41, 5.74) is 0. The zero-order chi connectivity index (χ0) is 12.9. The first-order chi connectivity index (χ1) is 7.18. The fourth-order valence-corrected chi connectivity index (χ4v) is 1.08. The van der Waals surface area contributed by atoms with Crippen molar-refractivity contribution in [1.29, 1.82) is 5.26 Å². The third-order valence-corrected chi connectivity index (χ3v) is 2.04. The van der Waals surface area contributed by atoms with Crippen LogP contribution in [0, 0.1) is 17.2 Å². The Hall–Kier alpha value is -1.29. The number of nitrogens with zero attached hydrogens (tertiary/aromatic N) is 2. The molecule has 0 aromatic heterocycles. The summed E-state index contributed by atoms with van der Waals surface area (Å²) in [5.74, 6) is -3.37. The van der Waals surface area contributed by atoms with Crippen LogP contribution in [0.3, 0.4) is 0 Å². The molecule has 4 nitrogen and oxygen atoms in total. The average Bonchev–Trinajstić information content (AvgIpc) is 2.08. The van der Waals surface area contributed by atoms with Crippen molar-refractivity contribution >= 4 is 5.97 Å². The number of aliphatic carboxylic acids is 1. The number of halogens is 3. The van der Waals surface area contributed by atoms with Gasteiger partial charge in [0.05, 0.1) is 12.6 Å². The summed E-state index contributed by atoms with van der Waals surface area (Å²) in [6, 6.07) is 0.775. The Labute approximate surface area is 91.3 Å². The highest BCUT2D eigenvalue weighted by atomic mass is 19.4. The van der Waals surface area contributed by atoms with E-state index in [2.05, 4.69) is 0 Å². The fraction of sp³-hybridized carbons (Fsp3) is 0.778. The lowest BCUT2D eigenvalue weighted by molar-refractivity contribution is -0.166. The summed E-state index contributed by atoms with van der Waals surface area (Å²) < 4.78 is 36.9. The lowest BCUT2D eigenvalue weighted by Crippen LogP contribution is -2.42. The molecule has 0 heterocycles. The Morgan fingerprint density at radius 1 is 1.50 bits per heavy atom. The van der Waals surface area contributed by atoms with Gasteiger partial charge in [-0.1, -0.05) is 0 Å². The summed E-state index contributed by atoms with van der Waals surface area (Å²) in [6.07, 6.45) is -4.62. The summed E-state index contributed by atoms with van der Waals surface area (Å²) in [5, 5.41) is 16.9. The second-order valence-electron chi connectivity index (χ2n) is 3.64. The largest absolute Gasteiger partial charge is 0.480 e. The number of hydrogen-bond acceptors (Lipinski definition) is 3. The van der Waals surface area contributed by atoms with Gasteiger partial charge in [-0.2, -0.15) is 18.4 Å². The molecule has 16 heavy (non-hydrogen) atoms. The van der Waals surface area contributed by atoms with E-state index in [1.54, 1.807) is 13.8 Å². The highest BCUT2D eigenvalue weighted by Crippen LogP contribution is 2.26. The van der Waals surface area contributed by atoms with Gasteiger partial charge in [0.25, 0.3) is 0 Å². The molecule has 0 amide bonds. The van der Waals surface area contributed by atoms with Crippen molar-refractivity contribution in [2.45, 2.75) is 26.1 Å². The van der Waals surface area contributed by atoms with Crippen molar-refractivity contribution in [2.75, 3.05) is 13.1 Å². The Morgan fingerprint density at radius 3 is 2.25 bits per heavy atom. The molecule has 1 N–H and O–H groups in total. The van der Waals surface area contributed by atoms with E-state index in [0.29, 0.717) is 0 Å². The van der Waals surface area contributed by atoms with Gasteiger partial charge < -0.3 is 5.11 Å². The average molecular weight is 238 g/mol. The topological polar surface area (TPSA) is 64.3 Å². The first-order valence-electron chi connectivity index (χ1n) is 4.60. The van der Waals surface area contributed by atoms with Crippen LogP contribution >= 0.6 is 0 Å². The van der Waals surface area contributed by atoms with Crippen LogP contribution in [0.2, 0.25) is 0 Å². The molecule has 0 aliphatic heterocycles. The predicted molar refractivity (Wildman–Crippen MR) is 49.5 cm³/mol. The number of carboxylic acids is 1. The van der Waals surface area contributed by atoms with E-state index in [0.717, 1.165) is 11.0 Å². The molecule has 0 rings (SSSR count). The Bertz CT molecular complexity index is 283. The van der Waals surface area contributed by atoms with Crippen LogP contribution in [0.4, 0.5) is 13.2 Å². The van der Waals surface area contributed by atoms with Crippen LogP contribution in [0.5, 0.6) is 0 Å². The van der Waals surface area contributed by atoms with E-state index in [9.17, 15) is 18.0 Å². The summed E-state index contributed by atoms with van der Waals surface area (Å²) in [6.45, 7) is 2.03. The second-order valence-corrected chi connectivity index (χ2v) is 3.64. The SMILES string of the molecule is CC(C)N(CC(=O)O)CC(C#N)C(F)(F)F. The van der Waals surface area contributed by atoms with E-state index < -0.39 is 31.2 Å². The minimum atomic E-state index is -4.62. The molecule has 1 atom stereocenters. The van der Waals surface area contributed by atoms with E-state index >= 15 is 0 Å². The summed E-state index contributed by atoms with van der Waals surface area (Å²) in [4.78, 5) is 11.5. The van der Waals surface area contributed by atoms with Crippen LogP contribution in [-0.4, -0.2) is 41.3 Å². The number of rotatable bonds is 5. The van der Waals surface area contributed by atoms with Gasteiger partial charge in [0, 0.05) is 12.6 Å². The lowest BCUT2D eigenvalue weighted by Gasteiger charge is -2.27. The molecule has 0 aromatic rings. The first kappa shape index (κ1) is 14.7. The molecule has 0 fully saturated rings. The molecule has 7 heteroatoms. The van der Waals surface area contributed by atoms with Gasteiger partial charge in [0.1, 0.15) is 0 Å². The van der Waals surface area contributed by atoms with E-state index in [-0.39, 0.29) is 6.04 Å². The van der Waals surface area contributed by atoms with Gasteiger partial charge in [-0.15, -0.1) is 0 Å². The Morgan fingerprint density at radius 2 is 2.00 bits per heavy atom. The van der Waals surface area contributed by atoms with Crippen molar-refractivity contribution in [2.24, 2.45) is 5.92 Å². The van der Waals surface area contributed by atoms with E-state index in [1.165, 1.54) is 0 Å².